The number of benzene rings is 1. The van der Waals surface area contributed by atoms with Gasteiger partial charge in [0.05, 0.1) is 18.2 Å². The van der Waals surface area contributed by atoms with Crippen molar-refractivity contribution in [3.05, 3.63) is 35.4 Å². The molecule has 1 fully saturated rings. The molecule has 8 heteroatoms. The molecular formula is C15H18F3N3O2. The van der Waals surface area contributed by atoms with Crippen LogP contribution in [0, 0.1) is 0 Å². The maximum absolute atomic E-state index is 12.6. The molecule has 0 aromatic heterocycles. The first-order valence-electron chi connectivity index (χ1n) is 7.13. The van der Waals surface area contributed by atoms with Gasteiger partial charge in [0.15, 0.2) is 0 Å². The van der Waals surface area contributed by atoms with Gasteiger partial charge < -0.3 is 10.6 Å². The van der Waals surface area contributed by atoms with Crippen molar-refractivity contribution in [3.63, 3.8) is 0 Å². The van der Waals surface area contributed by atoms with Crippen LogP contribution in [0.5, 0.6) is 0 Å². The van der Waals surface area contributed by atoms with E-state index in [9.17, 15) is 22.8 Å². The molecule has 1 saturated heterocycles. The maximum atomic E-state index is 12.6. The van der Waals surface area contributed by atoms with Crippen LogP contribution in [0.25, 0.3) is 0 Å². The minimum Gasteiger partial charge on any atom is -0.369 e. The summed E-state index contributed by atoms with van der Waals surface area (Å²) in [5.41, 5.74) is 5.05. The fourth-order valence-electron chi connectivity index (χ4n) is 2.76. The van der Waals surface area contributed by atoms with E-state index >= 15 is 0 Å². The Morgan fingerprint density at radius 1 is 1.22 bits per heavy atom. The fourth-order valence-corrected chi connectivity index (χ4v) is 2.76. The van der Waals surface area contributed by atoms with E-state index in [1.165, 1.54) is 19.1 Å². The van der Waals surface area contributed by atoms with Gasteiger partial charge in [-0.05, 0) is 17.7 Å². The quantitative estimate of drug-likeness (QED) is 0.911. The molecular weight excluding hydrogens is 311 g/mol. The third-order valence-corrected chi connectivity index (χ3v) is 3.87. The van der Waals surface area contributed by atoms with E-state index in [1.807, 2.05) is 0 Å². The van der Waals surface area contributed by atoms with Crippen LogP contribution < -0.4 is 5.73 Å². The minimum atomic E-state index is -4.40. The number of piperazine rings is 1. The van der Waals surface area contributed by atoms with E-state index in [1.54, 1.807) is 9.80 Å². The Morgan fingerprint density at radius 2 is 1.83 bits per heavy atom. The zero-order valence-corrected chi connectivity index (χ0v) is 12.6. The lowest BCUT2D eigenvalue weighted by Gasteiger charge is -2.41. The Morgan fingerprint density at radius 3 is 2.30 bits per heavy atom. The normalized spacial score (nSPS) is 19.7. The smallest absolute Gasteiger partial charge is 0.369 e. The van der Waals surface area contributed by atoms with Gasteiger partial charge in [0.25, 0.3) is 0 Å². The molecule has 2 rings (SSSR count). The van der Waals surface area contributed by atoms with Gasteiger partial charge in [0.1, 0.15) is 0 Å². The highest BCUT2D eigenvalue weighted by molar-refractivity contribution is 5.76. The Bertz CT molecular complexity index is 587. The molecule has 5 nitrogen and oxygen atoms in total. The predicted molar refractivity (Wildman–Crippen MR) is 77.2 cm³/mol. The van der Waals surface area contributed by atoms with Gasteiger partial charge >= 0.3 is 6.18 Å². The summed E-state index contributed by atoms with van der Waals surface area (Å²) in [6.07, 6.45) is -4.40. The molecule has 1 aliphatic heterocycles. The van der Waals surface area contributed by atoms with E-state index in [0.717, 1.165) is 12.1 Å². The Balaban J connectivity index is 2.24. The molecule has 0 unspecified atom stereocenters. The second-order valence-corrected chi connectivity index (χ2v) is 5.55. The molecule has 0 aliphatic carbocycles. The van der Waals surface area contributed by atoms with Gasteiger partial charge in [0.2, 0.25) is 11.8 Å². The van der Waals surface area contributed by atoms with E-state index in [0.29, 0.717) is 25.2 Å². The van der Waals surface area contributed by atoms with Crippen molar-refractivity contribution in [2.45, 2.75) is 19.1 Å². The van der Waals surface area contributed by atoms with Crippen molar-refractivity contribution in [2.24, 2.45) is 5.73 Å². The highest BCUT2D eigenvalue weighted by atomic mass is 19.4. The number of carbonyl (C=O) groups excluding carboxylic acids is 2. The molecule has 2 amide bonds. The van der Waals surface area contributed by atoms with Crippen molar-refractivity contribution in [3.8, 4) is 0 Å². The molecule has 0 spiro atoms. The van der Waals surface area contributed by atoms with Crippen LogP contribution in [-0.4, -0.2) is 47.8 Å². The molecule has 1 heterocycles. The third-order valence-electron chi connectivity index (χ3n) is 3.87. The first kappa shape index (κ1) is 17.3. The number of halogens is 3. The van der Waals surface area contributed by atoms with Gasteiger partial charge in [-0.3, -0.25) is 14.5 Å². The number of primary amides is 1. The largest absolute Gasteiger partial charge is 0.416 e. The van der Waals surface area contributed by atoms with Gasteiger partial charge in [-0.15, -0.1) is 0 Å². The summed E-state index contributed by atoms with van der Waals surface area (Å²) in [5, 5.41) is 0. The molecule has 0 radical (unpaired) electrons. The van der Waals surface area contributed by atoms with Crippen molar-refractivity contribution >= 4 is 11.8 Å². The minimum absolute atomic E-state index is 0.0584. The summed E-state index contributed by atoms with van der Waals surface area (Å²) in [4.78, 5) is 26.2. The lowest BCUT2D eigenvalue weighted by atomic mass is 10.0. The van der Waals surface area contributed by atoms with Crippen LogP contribution in [0.15, 0.2) is 24.3 Å². The number of carbonyl (C=O) groups is 2. The molecule has 1 atom stereocenters. The van der Waals surface area contributed by atoms with Crippen LogP contribution >= 0.6 is 0 Å². The molecule has 1 aromatic carbocycles. The van der Waals surface area contributed by atoms with Crippen molar-refractivity contribution < 1.29 is 22.8 Å². The second-order valence-electron chi connectivity index (χ2n) is 5.55. The van der Waals surface area contributed by atoms with Crippen LogP contribution in [-0.2, 0) is 15.8 Å². The predicted octanol–water partition coefficient (Wildman–Crippen LogP) is 1.40. The highest BCUT2D eigenvalue weighted by Crippen LogP contribution is 2.31. The van der Waals surface area contributed by atoms with Gasteiger partial charge in [-0.1, -0.05) is 12.1 Å². The molecule has 126 valence electrons. The summed E-state index contributed by atoms with van der Waals surface area (Å²) >= 11 is 0. The average molecular weight is 329 g/mol. The zero-order chi connectivity index (χ0) is 17.2. The van der Waals surface area contributed by atoms with Gasteiger partial charge in [-0.25, -0.2) is 0 Å². The second kappa shape index (κ2) is 6.57. The van der Waals surface area contributed by atoms with Crippen LogP contribution in [0.4, 0.5) is 13.2 Å². The van der Waals surface area contributed by atoms with Crippen LogP contribution in [0.3, 0.4) is 0 Å². The van der Waals surface area contributed by atoms with Gasteiger partial charge in [-0.2, -0.15) is 13.2 Å². The zero-order valence-electron chi connectivity index (χ0n) is 12.6. The molecule has 1 aromatic rings. The van der Waals surface area contributed by atoms with Crippen LogP contribution in [0.2, 0.25) is 0 Å². The topological polar surface area (TPSA) is 66.6 Å². The molecule has 2 N–H and O–H groups in total. The van der Waals surface area contributed by atoms with Gasteiger partial charge in [0, 0.05) is 26.6 Å². The lowest BCUT2D eigenvalue weighted by molar-refractivity contribution is -0.138. The summed E-state index contributed by atoms with van der Waals surface area (Å²) in [6, 6.07) is 4.35. The SMILES string of the molecule is CC(=O)N1CCN(CC(N)=O)C[C@@H]1c1ccc(C(F)(F)F)cc1. The van der Waals surface area contributed by atoms with E-state index in [-0.39, 0.29) is 12.5 Å². The summed E-state index contributed by atoms with van der Waals surface area (Å²) in [6.45, 7) is 2.73. The number of rotatable bonds is 3. The van der Waals surface area contributed by atoms with Crippen LogP contribution in [0.1, 0.15) is 24.1 Å². The summed E-state index contributed by atoms with van der Waals surface area (Å²) in [5.74, 6) is -0.638. The van der Waals surface area contributed by atoms with Crippen molar-refractivity contribution in [1.29, 1.82) is 0 Å². The molecule has 23 heavy (non-hydrogen) atoms. The number of amides is 2. The first-order chi connectivity index (χ1) is 10.7. The lowest BCUT2D eigenvalue weighted by Crippen LogP contribution is -2.51. The van der Waals surface area contributed by atoms with E-state index < -0.39 is 23.7 Å². The Kier molecular flexibility index (Phi) is 4.93. The standard InChI is InChI=1S/C15H18F3N3O2/c1-10(22)21-7-6-20(9-14(19)23)8-13(21)11-2-4-12(5-3-11)15(16,17)18/h2-5,13H,6-9H2,1H3,(H2,19,23)/t13-/m1/s1. The first-order valence-corrected chi connectivity index (χ1v) is 7.13. The number of nitrogens with two attached hydrogens (primary N) is 1. The van der Waals surface area contributed by atoms with Crippen molar-refractivity contribution in [2.75, 3.05) is 26.2 Å². The fraction of sp³-hybridized carbons (Fsp3) is 0.467. The molecule has 0 bridgehead atoms. The maximum Gasteiger partial charge on any atom is 0.416 e. The number of alkyl halides is 3. The van der Waals surface area contributed by atoms with E-state index in [4.69, 9.17) is 5.73 Å². The Hall–Kier alpha value is -2.09. The number of nitrogens with zero attached hydrogens (tertiary/aromatic N) is 2. The summed E-state index contributed by atoms with van der Waals surface area (Å²) in [7, 11) is 0. The van der Waals surface area contributed by atoms with Crippen molar-refractivity contribution in [1.82, 2.24) is 9.80 Å². The molecule has 0 saturated carbocycles. The highest BCUT2D eigenvalue weighted by Gasteiger charge is 2.33. The molecule has 1 aliphatic rings. The van der Waals surface area contributed by atoms with E-state index in [2.05, 4.69) is 0 Å². The number of hydrogen-bond donors (Lipinski definition) is 1. The monoisotopic (exact) mass is 329 g/mol. The summed E-state index contributed by atoms with van der Waals surface area (Å²) < 4.78 is 37.9. The number of hydrogen-bond acceptors (Lipinski definition) is 3. The Labute approximate surface area is 131 Å². The third kappa shape index (κ3) is 4.22. The average Bonchev–Trinajstić information content (AvgIpc) is 2.45.